The highest BCUT2D eigenvalue weighted by atomic mass is 19.4. The SMILES string of the molecule is C[C@H]1[C@@H](CC(F)(F)C(F)(F)F)C(F)(F)C1(F)F. The summed E-state index contributed by atoms with van der Waals surface area (Å²) < 4.78 is 111. The molecule has 1 saturated carbocycles. The summed E-state index contributed by atoms with van der Waals surface area (Å²) in [5.74, 6) is -19.7. The Hall–Kier alpha value is -0.630. The molecule has 1 aliphatic carbocycles. The Kier molecular flexibility index (Phi) is 2.92. The fraction of sp³-hybridized carbons (Fsp3) is 1.00. The lowest BCUT2D eigenvalue weighted by molar-refractivity contribution is -0.372. The molecule has 0 amide bonds. The molecule has 0 unspecified atom stereocenters. The van der Waals surface area contributed by atoms with Gasteiger partial charge in [0.05, 0.1) is 0 Å². The molecular weight excluding hydrogens is 267 g/mol. The van der Waals surface area contributed by atoms with E-state index < -0.39 is 42.2 Å². The van der Waals surface area contributed by atoms with E-state index in [-0.39, 0.29) is 0 Å². The van der Waals surface area contributed by atoms with Gasteiger partial charge >= 0.3 is 23.9 Å². The Morgan fingerprint density at radius 3 is 1.59 bits per heavy atom. The standard InChI is InChI=1S/C8H7F9/c1-3-4(7(13,14)6(3,11)12)2-5(9,10)8(15,16)17/h3-4H,2H2,1H3/t3-,4+/m0/s1. The lowest BCUT2D eigenvalue weighted by atomic mass is 9.65. The number of hydrogen-bond acceptors (Lipinski definition) is 0. The molecule has 0 saturated heterocycles. The summed E-state index contributed by atoms with van der Waals surface area (Å²) in [5.41, 5.74) is 0. The van der Waals surface area contributed by atoms with Gasteiger partial charge in [-0.05, 0) is 0 Å². The third-order valence-corrected chi connectivity index (χ3v) is 2.98. The zero-order chi connectivity index (χ0) is 13.9. The van der Waals surface area contributed by atoms with Gasteiger partial charge in [-0.1, -0.05) is 6.92 Å². The minimum Gasteiger partial charge on any atom is -0.200 e. The van der Waals surface area contributed by atoms with Crippen LogP contribution in [0, 0.1) is 11.8 Å². The van der Waals surface area contributed by atoms with Crippen LogP contribution >= 0.6 is 0 Å². The summed E-state index contributed by atoms with van der Waals surface area (Å²) in [6.07, 6.45) is -8.35. The molecule has 17 heavy (non-hydrogen) atoms. The number of halogens is 9. The van der Waals surface area contributed by atoms with Gasteiger partial charge in [0, 0.05) is 18.3 Å². The summed E-state index contributed by atoms with van der Waals surface area (Å²) in [4.78, 5) is 0. The Morgan fingerprint density at radius 1 is 0.882 bits per heavy atom. The average Bonchev–Trinajstić information content (AvgIpc) is 2.10. The van der Waals surface area contributed by atoms with E-state index in [1.54, 1.807) is 0 Å². The minimum atomic E-state index is -6.02. The van der Waals surface area contributed by atoms with Crippen molar-refractivity contribution in [2.75, 3.05) is 0 Å². The zero-order valence-electron chi connectivity index (χ0n) is 8.26. The molecule has 0 nitrogen and oxygen atoms in total. The Bertz CT molecular complexity index is 303. The maximum absolute atomic E-state index is 12.7. The third-order valence-electron chi connectivity index (χ3n) is 2.98. The second-order valence-electron chi connectivity index (χ2n) is 4.05. The minimum absolute atomic E-state index is 0.522. The van der Waals surface area contributed by atoms with Gasteiger partial charge in [-0.25, -0.2) is 0 Å². The van der Waals surface area contributed by atoms with Crippen molar-refractivity contribution in [2.45, 2.75) is 37.3 Å². The van der Waals surface area contributed by atoms with E-state index >= 15 is 0 Å². The fourth-order valence-electron chi connectivity index (χ4n) is 1.72. The summed E-state index contributed by atoms with van der Waals surface area (Å²) in [6.45, 7) is 0.522. The molecule has 0 radical (unpaired) electrons. The first-order chi connectivity index (χ1) is 7.25. The van der Waals surface area contributed by atoms with E-state index in [1.165, 1.54) is 0 Å². The van der Waals surface area contributed by atoms with Gasteiger partial charge in [0.25, 0.3) is 0 Å². The van der Waals surface area contributed by atoms with Crippen molar-refractivity contribution < 1.29 is 39.5 Å². The van der Waals surface area contributed by atoms with Crippen molar-refractivity contribution in [3.63, 3.8) is 0 Å². The highest BCUT2D eigenvalue weighted by Gasteiger charge is 2.78. The van der Waals surface area contributed by atoms with Gasteiger partial charge in [0.1, 0.15) is 0 Å². The number of hydrogen-bond donors (Lipinski definition) is 0. The molecule has 102 valence electrons. The van der Waals surface area contributed by atoms with E-state index in [2.05, 4.69) is 0 Å². The summed E-state index contributed by atoms with van der Waals surface area (Å²) in [7, 11) is 0. The van der Waals surface area contributed by atoms with Crippen LogP contribution in [0.3, 0.4) is 0 Å². The maximum atomic E-state index is 12.7. The summed E-state index contributed by atoms with van der Waals surface area (Å²) in [5, 5.41) is 0. The van der Waals surface area contributed by atoms with Crippen LogP contribution in [0.4, 0.5) is 39.5 Å². The molecule has 0 bridgehead atoms. The van der Waals surface area contributed by atoms with E-state index in [0.29, 0.717) is 6.92 Å². The molecule has 0 spiro atoms. The Balaban J connectivity index is 2.86. The molecule has 1 fully saturated rings. The van der Waals surface area contributed by atoms with Crippen LogP contribution in [0.25, 0.3) is 0 Å². The molecule has 0 aliphatic heterocycles. The van der Waals surface area contributed by atoms with E-state index in [4.69, 9.17) is 0 Å². The predicted molar refractivity (Wildman–Crippen MR) is 38.2 cm³/mol. The Labute approximate surface area is 89.8 Å². The van der Waals surface area contributed by atoms with E-state index in [9.17, 15) is 39.5 Å². The average molecular weight is 274 g/mol. The summed E-state index contributed by atoms with van der Waals surface area (Å²) >= 11 is 0. The first kappa shape index (κ1) is 14.4. The lowest BCUT2D eigenvalue weighted by Gasteiger charge is -2.50. The van der Waals surface area contributed by atoms with E-state index in [0.717, 1.165) is 0 Å². The van der Waals surface area contributed by atoms with Crippen molar-refractivity contribution in [1.82, 2.24) is 0 Å². The predicted octanol–water partition coefficient (Wildman–Crippen LogP) is 4.11. The van der Waals surface area contributed by atoms with Crippen LogP contribution in [-0.4, -0.2) is 23.9 Å². The van der Waals surface area contributed by atoms with Crippen LogP contribution in [0.1, 0.15) is 13.3 Å². The van der Waals surface area contributed by atoms with Crippen LogP contribution in [0.2, 0.25) is 0 Å². The van der Waals surface area contributed by atoms with Gasteiger partial charge in [-0.15, -0.1) is 0 Å². The summed E-state index contributed by atoms with van der Waals surface area (Å²) in [6, 6.07) is 0. The highest BCUT2D eigenvalue weighted by molar-refractivity contribution is 5.09. The van der Waals surface area contributed by atoms with Crippen molar-refractivity contribution in [3.8, 4) is 0 Å². The van der Waals surface area contributed by atoms with E-state index in [1.807, 2.05) is 0 Å². The quantitative estimate of drug-likeness (QED) is 0.665. The number of rotatable bonds is 2. The smallest absolute Gasteiger partial charge is 0.200 e. The maximum Gasteiger partial charge on any atom is 0.453 e. The lowest BCUT2D eigenvalue weighted by Crippen LogP contribution is -2.67. The monoisotopic (exact) mass is 274 g/mol. The molecule has 2 atom stereocenters. The molecular formula is C8H7F9. The van der Waals surface area contributed by atoms with Crippen molar-refractivity contribution >= 4 is 0 Å². The largest absolute Gasteiger partial charge is 0.453 e. The van der Waals surface area contributed by atoms with Gasteiger partial charge in [-0.3, -0.25) is 0 Å². The van der Waals surface area contributed by atoms with Crippen molar-refractivity contribution in [1.29, 1.82) is 0 Å². The Morgan fingerprint density at radius 2 is 1.29 bits per heavy atom. The molecule has 9 heteroatoms. The molecule has 0 N–H and O–H groups in total. The van der Waals surface area contributed by atoms with Crippen LogP contribution in [0.5, 0.6) is 0 Å². The van der Waals surface area contributed by atoms with Crippen molar-refractivity contribution in [3.05, 3.63) is 0 Å². The van der Waals surface area contributed by atoms with Gasteiger partial charge in [-0.2, -0.15) is 39.5 Å². The van der Waals surface area contributed by atoms with Crippen LogP contribution in [0.15, 0.2) is 0 Å². The molecule has 0 aromatic rings. The third kappa shape index (κ3) is 1.87. The van der Waals surface area contributed by atoms with Gasteiger partial charge in [0.2, 0.25) is 0 Å². The first-order valence-electron chi connectivity index (χ1n) is 4.45. The van der Waals surface area contributed by atoms with Gasteiger partial charge in [0.15, 0.2) is 0 Å². The highest BCUT2D eigenvalue weighted by Crippen LogP contribution is 2.62. The molecule has 1 aliphatic rings. The van der Waals surface area contributed by atoms with Crippen LogP contribution in [-0.2, 0) is 0 Å². The zero-order valence-corrected chi connectivity index (χ0v) is 8.26. The second kappa shape index (κ2) is 3.44. The number of alkyl halides is 9. The topological polar surface area (TPSA) is 0 Å². The fourth-order valence-corrected chi connectivity index (χ4v) is 1.72. The molecule has 0 heterocycles. The van der Waals surface area contributed by atoms with Gasteiger partial charge < -0.3 is 0 Å². The molecule has 0 aromatic carbocycles. The molecule has 0 aromatic heterocycles. The second-order valence-corrected chi connectivity index (χ2v) is 4.05. The molecule has 1 rings (SSSR count). The van der Waals surface area contributed by atoms with Crippen LogP contribution < -0.4 is 0 Å². The normalized spacial score (nSPS) is 32.1. The first-order valence-corrected chi connectivity index (χ1v) is 4.45. The van der Waals surface area contributed by atoms with Crippen molar-refractivity contribution in [2.24, 2.45) is 11.8 Å².